The molecule has 3 fully saturated rings. The van der Waals surface area contributed by atoms with E-state index >= 15 is 0 Å². The molecule has 2 aliphatic carbocycles. The maximum atomic E-state index is 12.6. The molecule has 1 amide bonds. The second-order valence-corrected chi connectivity index (χ2v) is 7.95. The number of aliphatic hydroxyl groups excluding tert-OH is 1. The molecule has 0 spiro atoms. The summed E-state index contributed by atoms with van der Waals surface area (Å²) < 4.78 is 0. The van der Waals surface area contributed by atoms with Crippen molar-refractivity contribution < 1.29 is 9.90 Å². The van der Waals surface area contributed by atoms with Crippen molar-refractivity contribution in [2.24, 2.45) is 17.8 Å². The lowest BCUT2D eigenvalue weighted by Gasteiger charge is -2.30. The Morgan fingerprint density at radius 2 is 1.84 bits per heavy atom. The van der Waals surface area contributed by atoms with Gasteiger partial charge in [0.15, 0.2) is 0 Å². The Balaban J connectivity index is 0.00000182. The molecule has 5 heteroatoms. The molecule has 0 bridgehead atoms. The van der Waals surface area contributed by atoms with Gasteiger partial charge < -0.3 is 15.3 Å². The number of likely N-dealkylation sites (tertiary alicyclic amines) is 1. The van der Waals surface area contributed by atoms with E-state index in [4.69, 9.17) is 5.11 Å². The van der Waals surface area contributed by atoms with E-state index in [-0.39, 0.29) is 24.9 Å². The van der Waals surface area contributed by atoms with Gasteiger partial charge in [0.25, 0.3) is 5.91 Å². The lowest BCUT2D eigenvalue weighted by molar-refractivity contribution is 0.0927. The summed E-state index contributed by atoms with van der Waals surface area (Å²) in [6.07, 6.45) is 6.84. The molecule has 1 aromatic rings. The van der Waals surface area contributed by atoms with Gasteiger partial charge >= 0.3 is 0 Å². The van der Waals surface area contributed by atoms with Crippen LogP contribution in [0.1, 0.15) is 48.0 Å². The number of hydrogen-bond donors (Lipinski definition) is 2. The highest BCUT2D eigenvalue weighted by molar-refractivity contribution is 5.94. The second kappa shape index (κ2) is 8.07. The Morgan fingerprint density at radius 1 is 1.12 bits per heavy atom. The molecular weight excluding hydrogens is 336 g/mol. The van der Waals surface area contributed by atoms with Crippen LogP contribution in [0.2, 0.25) is 0 Å². The zero-order chi connectivity index (χ0) is 16.5. The van der Waals surface area contributed by atoms with E-state index in [1.54, 1.807) is 0 Å². The lowest BCUT2D eigenvalue weighted by Crippen LogP contribution is -2.41. The largest absolute Gasteiger partial charge is 0.392 e. The summed E-state index contributed by atoms with van der Waals surface area (Å²) in [5, 5.41) is 12.4. The first-order valence-corrected chi connectivity index (χ1v) is 9.46. The Kier molecular flexibility index (Phi) is 6.03. The summed E-state index contributed by atoms with van der Waals surface area (Å²) in [6, 6.07) is 7.57. The van der Waals surface area contributed by atoms with Crippen LogP contribution in [0.3, 0.4) is 0 Å². The summed E-state index contributed by atoms with van der Waals surface area (Å²) >= 11 is 0. The maximum absolute atomic E-state index is 12.6. The molecule has 2 atom stereocenters. The maximum Gasteiger partial charge on any atom is 0.251 e. The summed E-state index contributed by atoms with van der Waals surface area (Å²) in [6.45, 7) is 3.42. The van der Waals surface area contributed by atoms with Gasteiger partial charge in [-0.15, -0.1) is 12.4 Å². The predicted octanol–water partition coefficient (Wildman–Crippen LogP) is 2.84. The fourth-order valence-corrected chi connectivity index (χ4v) is 4.27. The Morgan fingerprint density at radius 3 is 2.40 bits per heavy atom. The molecule has 138 valence electrons. The van der Waals surface area contributed by atoms with E-state index in [1.165, 1.54) is 38.6 Å². The fraction of sp³-hybridized carbons (Fsp3) is 0.650. The van der Waals surface area contributed by atoms with Gasteiger partial charge in [0.05, 0.1) is 6.61 Å². The molecule has 1 aliphatic heterocycles. The van der Waals surface area contributed by atoms with E-state index in [0.29, 0.717) is 17.5 Å². The van der Waals surface area contributed by atoms with Crippen LogP contribution in [0.25, 0.3) is 0 Å². The molecule has 4 rings (SSSR count). The number of rotatable bonds is 6. The molecule has 0 radical (unpaired) electrons. The third-order valence-corrected chi connectivity index (χ3v) is 6.12. The number of hydrogen-bond acceptors (Lipinski definition) is 3. The van der Waals surface area contributed by atoms with Crippen LogP contribution in [-0.2, 0) is 6.61 Å². The molecule has 3 aliphatic rings. The van der Waals surface area contributed by atoms with Gasteiger partial charge in [-0.25, -0.2) is 0 Å². The van der Waals surface area contributed by atoms with E-state index in [2.05, 4.69) is 10.2 Å². The van der Waals surface area contributed by atoms with Gasteiger partial charge in [-0.2, -0.15) is 0 Å². The molecule has 0 unspecified atom stereocenters. The van der Waals surface area contributed by atoms with Gasteiger partial charge in [0.2, 0.25) is 0 Å². The standard InChI is InChI=1S/C20H28N2O2.ClH/c23-13-15-4-6-17(7-5-15)20(24)21-19-12-22(10-14-2-1-3-14)11-18(19)16-8-9-16;/h4-7,14,16,18-19,23H,1-3,8-13H2,(H,21,24);1H/t18-,19+;/m1./s1. The summed E-state index contributed by atoms with van der Waals surface area (Å²) in [5.74, 6) is 2.37. The molecule has 1 heterocycles. The monoisotopic (exact) mass is 364 g/mol. The van der Waals surface area contributed by atoms with Gasteiger partial charge in [-0.1, -0.05) is 18.6 Å². The van der Waals surface area contributed by atoms with Crippen molar-refractivity contribution in [3.8, 4) is 0 Å². The Hall–Kier alpha value is -1.10. The fourth-order valence-electron chi connectivity index (χ4n) is 4.27. The van der Waals surface area contributed by atoms with Gasteiger partial charge in [0, 0.05) is 31.2 Å². The Labute approximate surface area is 156 Å². The van der Waals surface area contributed by atoms with Crippen LogP contribution in [0.4, 0.5) is 0 Å². The Bertz CT molecular complexity index is 584. The molecular formula is C20H29ClN2O2. The van der Waals surface area contributed by atoms with E-state index in [1.807, 2.05) is 24.3 Å². The third kappa shape index (κ3) is 4.36. The lowest BCUT2D eigenvalue weighted by atomic mass is 9.85. The van der Waals surface area contributed by atoms with Gasteiger partial charge in [-0.3, -0.25) is 4.79 Å². The molecule has 1 aromatic carbocycles. The van der Waals surface area contributed by atoms with Crippen molar-refractivity contribution in [3.05, 3.63) is 35.4 Å². The average molecular weight is 365 g/mol. The van der Waals surface area contributed by atoms with Crippen LogP contribution in [0.5, 0.6) is 0 Å². The van der Waals surface area contributed by atoms with Crippen molar-refractivity contribution in [1.29, 1.82) is 0 Å². The van der Waals surface area contributed by atoms with Crippen molar-refractivity contribution in [2.75, 3.05) is 19.6 Å². The third-order valence-electron chi connectivity index (χ3n) is 6.12. The molecule has 2 N–H and O–H groups in total. The summed E-state index contributed by atoms with van der Waals surface area (Å²) in [7, 11) is 0. The number of aliphatic hydroxyl groups is 1. The zero-order valence-electron chi connectivity index (χ0n) is 14.7. The second-order valence-electron chi connectivity index (χ2n) is 7.95. The number of nitrogens with zero attached hydrogens (tertiary/aromatic N) is 1. The number of carbonyl (C=O) groups excluding carboxylic acids is 1. The first-order chi connectivity index (χ1) is 11.7. The number of halogens is 1. The van der Waals surface area contributed by atoms with Crippen molar-refractivity contribution in [1.82, 2.24) is 10.2 Å². The molecule has 2 saturated carbocycles. The molecule has 4 nitrogen and oxygen atoms in total. The number of carbonyl (C=O) groups is 1. The van der Waals surface area contributed by atoms with Gasteiger partial charge in [-0.05, 0) is 61.1 Å². The minimum Gasteiger partial charge on any atom is -0.392 e. The summed E-state index contributed by atoms with van der Waals surface area (Å²) in [4.78, 5) is 15.2. The highest BCUT2D eigenvalue weighted by Crippen LogP contribution is 2.42. The zero-order valence-corrected chi connectivity index (χ0v) is 15.5. The number of nitrogens with one attached hydrogen (secondary N) is 1. The minimum absolute atomic E-state index is 0. The van der Waals surface area contributed by atoms with E-state index in [9.17, 15) is 4.79 Å². The average Bonchev–Trinajstić information content (AvgIpc) is 3.33. The molecule has 25 heavy (non-hydrogen) atoms. The predicted molar refractivity (Wildman–Crippen MR) is 101 cm³/mol. The first-order valence-electron chi connectivity index (χ1n) is 9.46. The first kappa shape index (κ1) is 18.7. The topological polar surface area (TPSA) is 52.6 Å². The van der Waals surface area contributed by atoms with E-state index in [0.717, 1.165) is 30.5 Å². The number of benzene rings is 1. The van der Waals surface area contributed by atoms with Crippen LogP contribution in [-0.4, -0.2) is 41.6 Å². The smallest absolute Gasteiger partial charge is 0.251 e. The SMILES string of the molecule is Cl.O=C(N[C@H]1CN(CC2CCC2)C[C@@H]1C1CC1)c1ccc(CO)cc1. The quantitative estimate of drug-likeness (QED) is 0.816. The van der Waals surface area contributed by atoms with Crippen LogP contribution < -0.4 is 5.32 Å². The molecule has 1 saturated heterocycles. The minimum atomic E-state index is 0. The number of amides is 1. The van der Waals surface area contributed by atoms with Crippen LogP contribution in [0.15, 0.2) is 24.3 Å². The van der Waals surface area contributed by atoms with E-state index < -0.39 is 0 Å². The highest BCUT2D eigenvalue weighted by atomic mass is 35.5. The van der Waals surface area contributed by atoms with Crippen LogP contribution >= 0.6 is 12.4 Å². The molecule has 0 aromatic heterocycles. The summed E-state index contributed by atoms with van der Waals surface area (Å²) in [5.41, 5.74) is 1.54. The normalized spacial score (nSPS) is 26.8. The van der Waals surface area contributed by atoms with Crippen molar-refractivity contribution >= 4 is 18.3 Å². The van der Waals surface area contributed by atoms with Crippen molar-refractivity contribution in [2.45, 2.75) is 44.8 Å². The van der Waals surface area contributed by atoms with Crippen LogP contribution in [0, 0.1) is 17.8 Å². The van der Waals surface area contributed by atoms with Gasteiger partial charge in [0.1, 0.15) is 0 Å². The van der Waals surface area contributed by atoms with Crippen molar-refractivity contribution in [3.63, 3.8) is 0 Å². The highest BCUT2D eigenvalue weighted by Gasteiger charge is 2.43.